The van der Waals surface area contributed by atoms with Gasteiger partial charge in [0, 0.05) is 23.0 Å². The van der Waals surface area contributed by atoms with Crippen LogP contribution in [0.3, 0.4) is 0 Å². The lowest BCUT2D eigenvalue weighted by Gasteiger charge is -2.26. The highest BCUT2D eigenvalue weighted by Crippen LogP contribution is 2.28. The van der Waals surface area contributed by atoms with Crippen LogP contribution >= 0.6 is 0 Å². The van der Waals surface area contributed by atoms with Crippen LogP contribution < -0.4 is 15.2 Å². The van der Waals surface area contributed by atoms with Gasteiger partial charge in [0.2, 0.25) is 0 Å². The minimum Gasteiger partial charge on any atom is -0.494 e. The normalized spacial score (nSPS) is 11.6. The van der Waals surface area contributed by atoms with E-state index in [1.54, 1.807) is 17.9 Å². The number of hydrogen-bond acceptors (Lipinski definition) is 4. The molecule has 33 heavy (non-hydrogen) atoms. The number of carbonyl (C=O) groups is 1. The van der Waals surface area contributed by atoms with Crippen LogP contribution in [0.15, 0.2) is 102 Å². The topological polar surface area (TPSA) is 64.4 Å². The van der Waals surface area contributed by atoms with E-state index in [4.69, 9.17) is 4.74 Å². The number of benzene rings is 3. The summed E-state index contributed by atoms with van der Waals surface area (Å²) in [4.78, 5) is 28.0. The molecular weight excluding hydrogens is 414 g/mol. The fourth-order valence-corrected chi connectivity index (χ4v) is 3.59. The van der Waals surface area contributed by atoms with E-state index in [-0.39, 0.29) is 11.5 Å². The van der Waals surface area contributed by atoms with Crippen molar-refractivity contribution in [2.24, 2.45) is 0 Å². The van der Waals surface area contributed by atoms with Crippen molar-refractivity contribution in [3.63, 3.8) is 0 Å². The van der Waals surface area contributed by atoms with Crippen molar-refractivity contribution in [1.29, 1.82) is 0 Å². The maximum absolute atomic E-state index is 13.7. The van der Waals surface area contributed by atoms with Gasteiger partial charge in [-0.3, -0.25) is 14.5 Å². The summed E-state index contributed by atoms with van der Waals surface area (Å²) in [6.07, 6.45) is 0. The van der Waals surface area contributed by atoms with Crippen molar-refractivity contribution in [3.8, 4) is 17.0 Å². The Bertz CT molecular complexity index is 1230. The van der Waals surface area contributed by atoms with Gasteiger partial charge in [0.1, 0.15) is 11.8 Å². The molecule has 6 nitrogen and oxygen atoms in total. The molecule has 0 spiro atoms. The zero-order valence-corrected chi connectivity index (χ0v) is 18.6. The van der Waals surface area contributed by atoms with Gasteiger partial charge in [-0.05, 0) is 68.4 Å². The molecule has 0 saturated carbocycles. The second-order valence-electron chi connectivity index (χ2n) is 7.48. The Kier molecular flexibility index (Phi) is 6.64. The van der Waals surface area contributed by atoms with E-state index >= 15 is 0 Å². The largest absolute Gasteiger partial charge is 0.494 e. The number of nitrogens with zero attached hydrogens (tertiary/aromatic N) is 3. The maximum atomic E-state index is 13.7. The summed E-state index contributed by atoms with van der Waals surface area (Å²) in [5, 5.41) is 4.52. The Morgan fingerprint density at radius 1 is 0.879 bits per heavy atom. The number of amides is 1. The lowest BCUT2D eigenvalue weighted by Crippen LogP contribution is -2.38. The molecule has 1 aromatic heterocycles. The maximum Gasteiger partial charge on any atom is 0.267 e. The van der Waals surface area contributed by atoms with Gasteiger partial charge in [0.05, 0.1) is 12.3 Å². The van der Waals surface area contributed by atoms with Crippen molar-refractivity contribution in [1.82, 2.24) is 9.78 Å². The van der Waals surface area contributed by atoms with Gasteiger partial charge in [-0.25, -0.2) is 4.68 Å². The van der Waals surface area contributed by atoms with Crippen LogP contribution in [0.1, 0.15) is 19.9 Å². The van der Waals surface area contributed by atoms with Gasteiger partial charge in [-0.2, -0.15) is 5.10 Å². The second-order valence-corrected chi connectivity index (χ2v) is 7.48. The minimum absolute atomic E-state index is 0.258. The number of ether oxygens (including phenoxy) is 1. The lowest BCUT2D eigenvalue weighted by molar-refractivity contribution is -0.120. The molecule has 0 aliphatic heterocycles. The first-order chi connectivity index (χ1) is 16.1. The van der Waals surface area contributed by atoms with E-state index in [0.717, 1.165) is 22.7 Å². The lowest BCUT2D eigenvalue weighted by atomic mass is 10.1. The zero-order valence-electron chi connectivity index (χ0n) is 18.6. The first-order valence-corrected chi connectivity index (χ1v) is 10.9. The average molecular weight is 440 g/mol. The van der Waals surface area contributed by atoms with E-state index in [9.17, 15) is 9.59 Å². The molecule has 0 bridgehead atoms. The van der Waals surface area contributed by atoms with E-state index < -0.39 is 6.04 Å². The molecule has 0 aliphatic carbocycles. The van der Waals surface area contributed by atoms with Crippen molar-refractivity contribution < 1.29 is 9.53 Å². The summed E-state index contributed by atoms with van der Waals surface area (Å²) in [6, 6.07) is 28.5. The molecule has 6 heteroatoms. The van der Waals surface area contributed by atoms with Gasteiger partial charge in [-0.1, -0.05) is 36.4 Å². The average Bonchev–Trinajstić information content (AvgIpc) is 2.86. The van der Waals surface area contributed by atoms with Gasteiger partial charge in [0.25, 0.3) is 11.5 Å². The smallest absolute Gasteiger partial charge is 0.267 e. The summed E-state index contributed by atoms with van der Waals surface area (Å²) >= 11 is 0. The highest BCUT2D eigenvalue weighted by molar-refractivity contribution is 6.02. The van der Waals surface area contributed by atoms with Gasteiger partial charge >= 0.3 is 0 Å². The molecule has 4 rings (SSSR count). The van der Waals surface area contributed by atoms with Crippen molar-refractivity contribution in [2.45, 2.75) is 19.9 Å². The second kappa shape index (κ2) is 9.96. The molecule has 0 fully saturated rings. The Hall–Kier alpha value is -4.19. The zero-order chi connectivity index (χ0) is 23.2. The quantitative estimate of drug-likeness (QED) is 0.395. The van der Waals surface area contributed by atoms with E-state index in [1.807, 2.05) is 91.9 Å². The van der Waals surface area contributed by atoms with E-state index in [1.165, 1.54) is 10.7 Å². The molecule has 1 atom stereocenters. The first-order valence-electron chi connectivity index (χ1n) is 10.9. The Morgan fingerprint density at radius 2 is 1.45 bits per heavy atom. The van der Waals surface area contributed by atoms with Crippen molar-refractivity contribution in [3.05, 3.63) is 107 Å². The molecule has 1 heterocycles. The van der Waals surface area contributed by atoms with Crippen molar-refractivity contribution >= 4 is 17.3 Å². The summed E-state index contributed by atoms with van der Waals surface area (Å²) < 4.78 is 6.74. The van der Waals surface area contributed by atoms with Crippen LogP contribution in [0.4, 0.5) is 11.4 Å². The van der Waals surface area contributed by atoms with Crippen LogP contribution in [0.5, 0.6) is 5.75 Å². The predicted octanol–water partition coefficient (Wildman–Crippen LogP) is 5.23. The highest BCUT2D eigenvalue weighted by Gasteiger charge is 2.26. The van der Waals surface area contributed by atoms with E-state index in [0.29, 0.717) is 12.3 Å². The van der Waals surface area contributed by atoms with Crippen LogP contribution in [0.25, 0.3) is 11.3 Å². The van der Waals surface area contributed by atoms with Crippen LogP contribution in [0.2, 0.25) is 0 Å². The Labute approximate surface area is 192 Å². The van der Waals surface area contributed by atoms with Crippen LogP contribution in [-0.2, 0) is 4.79 Å². The molecule has 0 radical (unpaired) electrons. The van der Waals surface area contributed by atoms with Crippen molar-refractivity contribution in [2.75, 3.05) is 11.5 Å². The van der Waals surface area contributed by atoms with Crippen LogP contribution in [0, 0.1) is 0 Å². The SMILES string of the molecule is CCOc1ccc(-c2ccc(=O)n(C(C)C(=O)N(c3ccccc3)c3ccccc3)n2)cc1. The van der Waals surface area contributed by atoms with Gasteiger partial charge < -0.3 is 4.74 Å². The highest BCUT2D eigenvalue weighted by atomic mass is 16.5. The van der Waals surface area contributed by atoms with Crippen LogP contribution in [-0.4, -0.2) is 22.3 Å². The first kappa shape index (κ1) is 22.0. The Balaban J connectivity index is 1.70. The fraction of sp³-hybridized carbons (Fsp3) is 0.148. The molecule has 0 N–H and O–H groups in total. The molecule has 0 aliphatic rings. The number of aromatic nitrogens is 2. The number of rotatable bonds is 7. The molecule has 4 aromatic rings. The summed E-state index contributed by atoms with van der Waals surface area (Å²) in [7, 11) is 0. The summed E-state index contributed by atoms with van der Waals surface area (Å²) in [6.45, 7) is 4.21. The number of carbonyl (C=O) groups excluding carboxylic acids is 1. The molecule has 1 amide bonds. The predicted molar refractivity (Wildman–Crippen MR) is 130 cm³/mol. The monoisotopic (exact) mass is 439 g/mol. The number of anilines is 2. The molecular formula is C27H25N3O3. The van der Waals surface area contributed by atoms with Gasteiger partial charge in [-0.15, -0.1) is 0 Å². The third-order valence-electron chi connectivity index (χ3n) is 5.26. The Morgan fingerprint density at radius 3 is 2.00 bits per heavy atom. The van der Waals surface area contributed by atoms with Gasteiger partial charge in [0.15, 0.2) is 0 Å². The van der Waals surface area contributed by atoms with E-state index in [2.05, 4.69) is 5.10 Å². The molecule has 166 valence electrons. The molecule has 0 saturated heterocycles. The molecule has 1 unspecified atom stereocenters. The summed E-state index contributed by atoms with van der Waals surface area (Å²) in [5.74, 6) is 0.505. The fourth-order valence-electron chi connectivity index (χ4n) is 3.59. The number of hydrogen-bond donors (Lipinski definition) is 0. The number of para-hydroxylation sites is 2. The molecule has 3 aromatic carbocycles. The standard InChI is InChI=1S/C27H25N3O3/c1-3-33-24-16-14-21(15-17-24)25-18-19-26(31)30(28-25)20(2)27(32)29(22-10-6-4-7-11-22)23-12-8-5-9-13-23/h4-20H,3H2,1-2H3. The third-order valence-corrected chi connectivity index (χ3v) is 5.26. The summed E-state index contributed by atoms with van der Waals surface area (Å²) in [5.41, 5.74) is 2.53. The minimum atomic E-state index is -0.819. The third kappa shape index (κ3) is 4.85.